The van der Waals surface area contributed by atoms with Crippen LogP contribution >= 0.6 is 0 Å². The van der Waals surface area contributed by atoms with Crippen LogP contribution in [0.1, 0.15) is 18.6 Å². The number of furan rings is 1. The molecule has 1 aliphatic heterocycles. The second-order valence-electron chi connectivity index (χ2n) is 3.88. The smallest absolute Gasteiger partial charge is 0.119 e. The number of hydrogen-bond acceptors (Lipinski definition) is 4. The van der Waals surface area contributed by atoms with Crippen LogP contribution in [0.15, 0.2) is 16.7 Å². The van der Waals surface area contributed by atoms with Crippen molar-refractivity contribution in [3.63, 3.8) is 0 Å². The van der Waals surface area contributed by atoms with E-state index in [2.05, 4.69) is 4.90 Å². The van der Waals surface area contributed by atoms with Crippen LogP contribution in [0.25, 0.3) is 0 Å². The van der Waals surface area contributed by atoms with Gasteiger partial charge >= 0.3 is 0 Å². The maximum atomic E-state index is 9.47. The summed E-state index contributed by atoms with van der Waals surface area (Å²) in [4.78, 5) is 2.19. The van der Waals surface area contributed by atoms with Gasteiger partial charge in [-0.1, -0.05) is 0 Å². The summed E-state index contributed by atoms with van der Waals surface area (Å²) < 4.78 is 5.25. The largest absolute Gasteiger partial charge is 0.466 e. The number of hydrogen-bond donors (Lipinski definition) is 2. The number of aliphatic hydroxyl groups is 1. The monoisotopic (exact) mass is 196 g/mol. The Hall–Kier alpha value is -1.00. The lowest BCUT2D eigenvalue weighted by molar-refractivity contribution is 0.0633. The summed E-state index contributed by atoms with van der Waals surface area (Å²) in [7, 11) is 0. The molecule has 14 heavy (non-hydrogen) atoms. The Morgan fingerprint density at radius 2 is 2.50 bits per heavy atom. The van der Waals surface area contributed by atoms with E-state index in [1.807, 2.05) is 6.07 Å². The van der Waals surface area contributed by atoms with Crippen molar-refractivity contribution in [2.45, 2.75) is 25.5 Å². The van der Waals surface area contributed by atoms with Gasteiger partial charge in [0.2, 0.25) is 0 Å². The molecule has 1 fully saturated rings. The molecule has 3 N–H and O–H groups in total. The number of nitrogens with zero attached hydrogens (tertiary/aromatic N) is 1. The van der Waals surface area contributed by atoms with Crippen LogP contribution in [0.3, 0.4) is 0 Å². The highest BCUT2D eigenvalue weighted by Crippen LogP contribution is 2.16. The van der Waals surface area contributed by atoms with Crippen LogP contribution in [0.4, 0.5) is 5.69 Å². The van der Waals surface area contributed by atoms with Crippen LogP contribution in [-0.4, -0.2) is 29.2 Å². The summed E-state index contributed by atoms with van der Waals surface area (Å²) >= 11 is 0. The SMILES string of the molecule is Nc1coc(CN2CCCC(O)C2)c1. The highest BCUT2D eigenvalue weighted by molar-refractivity contribution is 5.34. The standard InChI is InChI=1S/C10H16N2O2/c11-8-4-10(14-7-8)6-12-3-1-2-9(13)5-12/h4,7,9,13H,1-3,5-6,11H2. The van der Waals surface area contributed by atoms with Gasteiger partial charge in [0.25, 0.3) is 0 Å². The maximum Gasteiger partial charge on any atom is 0.119 e. The zero-order valence-corrected chi connectivity index (χ0v) is 8.15. The Kier molecular flexibility index (Phi) is 2.74. The van der Waals surface area contributed by atoms with Gasteiger partial charge in [-0.05, 0) is 19.4 Å². The molecule has 2 heterocycles. The van der Waals surface area contributed by atoms with Crippen LogP contribution in [0.2, 0.25) is 0 Å². The van der Waals surface area contributed by atoms with Gasteiger partial charge in [0.1, 0.15) is 12.0 Å². The van der Waals surface area contributed by atoms with Crippen LogP contribution in [0, 0.1) is 0 Å². The Morgan fingerprint density at radius 1 is 1.64 bits per heavy atom. The number of nitrogens with two attached hydrogens (primary N) is 1. The van der Waals surface area contributed by atoms with Gasteiger partial charge in [0, 0.05) is 12.6 Å². The van der Waals surface area contributed by atoms with E-state index in [9.17, 15) is 5.11 Å². The normalized spacial score (nSPS) is 23.9. The highest BCUT2D eigenvalue weighted by atomic mass is 16.3. The third-order valence-corrected chi connectivity index (χ3v) is 2.53. The van der Waals surface area contributed by atoms with Gasteiger partial charge in [-0.3, -0.25) is 4.90 Å². The summed E-state index contributed by atoms with van der Waals surface area (Å²) in [6.45, 7) is 2.51. The van der Waals surface area contributed by atoms with Crippen LogP contribution in [0.5, 0.6) is 0 Å². The third-order valence-electron chi connectivity index (χ3n) is 2.53. The molecule has 78 valence electrons. The van der Waals surface area contributed by atoms with Crippen molar-refractivity contribution < 1.29 is 9.52 Å². The lowest BCUT2D eigenvalue weighted by atomic mass is 10.1. The molecular weight excluding hydrogens is 180 g/mol. The Bertz CT molecular complexity index is 298. The van der Waals surface area contributed by atoms with E-state index in [4.69, 9.17) is 10.2 Å². The lowest BCUT2D eigenvalue weighted by Crippen LogP contribution is -2.37. The number of aliphatic hydroxyl groups excluding tert-OH is 1. The molecule has 0 saturated carbocycles. The molecule has 0 bridgehead atoms. The van der Waals surface area contributed by atoms with Crippen LogP contribution in [-0.2, 0) is 6.54 Å². The average Bonchev–Trinajstić information content (AvgIpc) is 2.51. The molecule has 1 atom stereocenters. The van der Waals surface area contributed by atoms with Crippen molar-refractivity contribution in [2.24, 2.45) is 0 Å². The van der Waals surface area contributed by atoms with E-state index in [1.54, 1.807) is 6.26 Å². The molecule has 0 aromatic carbocycles. The summed E-state index contributed by atoms with van der Waals surface area (Å²) in [6, 6.07) is 1.83. The summed E-state index contributed by atoms with van der Waals surface area (Å²) in [5, 5.41) is 9.47. The summed E-state index contributed by atoms with van der Waals surface area (Å²) in [6.07, 6.45) is 3.33. The molecule has 1 saturated heterocycles. The Morgan fingerprint density at radius 3 is 3.14 bits per heavy atom. The summed E-state index contributed by atoms with van der Waals surface area (Å²) in [5.74, 6) is 0.872. The van der Waals surface area contributed by atoms with Gasteiger partial charge in [-0.25, -0.2) is 0 Å². The minimum atomic E-state index is -0.184. The van der Waals surface area contributed by atoms with Crippen molar-refractivity contribution in [3.8, 4) is 0 Å². The fourth-order valence-electron chi connectivity index (χ4n) is 1.88. The first-order valence-electron chi connectivity index (χ1n) is 4.97. The molecular formula is C10H16N2O2. The minimum Gasteiger partial charge on any atom is -0.466 e. The fourth-order valence-corrected chi connectivity index (χ4v) is 1.88. The van der Waals surface area contributed by atoms with E-state index in [0.29, 0.717) is 5.69 Å². The zero-order valence-electron chi connectivity index (χ0n) is 8.15. The van der Waals surface area contributed by atoms with Crippen molar-refractivity contribution in [2.75, 3.05) is 18.8 Å². The van der Waals surface area contributed by atoms with E-state index in [-0.39, 0.29) is 6.10 Å². The number of rotatable bonds is 2. The molecule has 1 aromatic rings. The van der Waals surface area contributed by atoms with Gasteiger partial charge in [-0.15, -0.1) is 0 Å². The molecule has 0 spiro atoms. The Labute approximate surface area is 83.3 Å². The molecule has 4 heteroatoms. The van der Waals surface area contributed by atoms with E-state index >= 15 is 0 Å². The maximum absolute atomic E-state index is 9.47. The van der Waals surface area contributed by atoms with Gasteiger partial charge in [0.05, 0.1) is 18.3 Å². The minimum absolute atomic E-state index is 0.184. The van der Waals surface area contributed by atoms with E-state index < -0.39 is 0 Å². The van der Waals surface area contributed by atoms with Crippen molar-refractivity contribution in [3.05, 3.63) is 18.1 Å². The molecule has 2 rings (SSSR count). The number of piperidine rings is 1. The number of likely N-dealkylation sites (tertiary alicyclic amines) is 1. The van der Waals surface area contributed by atoms with Crippen molar-refractivity contribution in [1.82, 2.24) is 4.90 Å². The predicted molar refractivity (Wildman–Crippen MR) is 53.6 cm³/mol. The first kappa shape index (κ1) is 9.55. The van der Waals surface area contributed by atoms with Crippen molar-refractivity contribution in [1.29, 1.82) is 0 Å². The van der Waals surface area contributed by atoms with E-state index in [0.717, 1.165) is 38.2 Å². The fraction of sp³-hybridized carbons (Fsp3) is 0.600. The second kappa shape index (κ2) is 4.02. The summed E-state index contributed by atoms with van der Waals surface area (Å²) in [5.41, 5.74) is 6.21. The molecule has 1 aromatic heterocycles. The van der Waals surface area contributed by atoms with Gasteiger partial charge in [0.15, 0.2) is 0 Å². The zero-order chi connectivity index (χ0) is 9.97. The molecule has 1 unspecified atom stereocenters. The molecule has 0 aliphatic carbocycles. The quantitative estimate of drug-likeness (QED) is 0.735. The lowest BCUT2D eigenvalue weighted by Gasteiger charge is -2.28. The van der Waals surface area contributed by atoms with Gasteiger partial charge < -0.3 is 15.3 Å². The number of nitrogen functional groups attached to an aromatic ring is 1. The predicted octanol–water partition coefficient (Wildman–Crippen LogP) is 0.819. The highest BCUT2D eigenvalue weighted by Gasteiger charge is 2.18. The van der Waals surface area contributed by atoms with Crippen LogP contribution < -0.4 is 5.73 Å². The Balaban J connectivity index is 1.90. The molecule has 0 amide bonds. The second-order valence-corrected chi connectivity index (χ2v) is 3.88. The first-order chi connectivity index (χ1) is 6.74. The van der Waals surface area contributed by atoms with Crippen molar-refractivity contribution >= 4 is 5.69 Å². The first-order valence-corrected chi connectivity index (χ1v) is 4.97. The molecule has 4 nitrogen and oxygen atoms in total. The molecule has 0 radical (unpaired) electrons. The number of β-amino-alcohol motifs (C(OH)–C–C–N with tert-alkyl or cyclic N) is 1. The van der Waals surface area contributed by atoms with Gasteiger partial charge in [-0.2, -0.15) is 0 Å². The van der Waals surface area contributed by atoms with E-state index in [1.165, 1.54) is 0 Å². The average molecular weight is 196 g/mol. The third kappa shape index (κ3) is 2.27. The topological polar surface area (TPSA) is 62.6 Å². The molecule has 1 aliphatic rings. The number of anilines is 1.